The molecule has 330 valence electrons. The summed E-state index contributed by atoms with van der Waals surface area (Å²) >= 11 is 1.97. The summed E-state index contributed by atoms with van der Waals surface area (Å²) in [5, 5.41) is 7.62. The third kappa shape index (κ3) is 4.91. The number of thiophene rings is 1. The van der Waals surface area contributed by atoms with Gasteiger partial charge in [0.15, 0.2) is 0 Å². The molecule has 3 nitrogen and oxygen atoms in total. The van der Waals surface area contributed by atoms with Crippen molar-refractivity contribution in [2.24, 2.45) is 0 Å². The molecule has 2 aliphatic carbocycles. The predicted molar refractivity (Wildman–Crippen MR) is 292 cm³/mol. The van der Waals surface area contributed by atoms with Crippen molar-refractivity contribution >= 4 is 104 Å². The Morgan fingerprint density at radius 3 is 2.04 bits per heavy atom. The number of para-hydroxylation sites is 1. The van der Waals surface area contributed by atoms with E-state index in [4.69, 9.17) is 4.42 Å². The molecule has 4 aliphatic rings. The quantitative estimate of drug-likeness (QED) is 0.153. The molecule has 68 heavy (non-hydrogen) atoms. The Kier molecular flexibility index (Phi) is 7.28. The monoisotopic (exact) mass is 896 g/mol. The van der Waals surface area contributed by atoms with Gasteiger partial charge >= 0.3 is 6.85 Å². The summed E-state index contributed by atoms with van der Waals surface area (Å²) in [7, 11) is 0. The first kappa shape index (κ1) is 39.4. The summed E-state index contributed by atoms with van der Waals surface area (Å²) in [6.07, 6.45) is 2.41. The number of fused-ring (bicyclic) bond motifs is 18. The summed E-state index contributed by atoms with van der Waals surface area (Å²) in [4.78, 5) is 2.73. The molecule has 0 fully saturated rings. The molecule has 0 atom stereocenters. The number of furan rings is 1. The van der Waals surface area contributed by atoms with Crippen LogP contribution in [0.5, 0.6) is 0 Å². The van der Waals surface area contributed by atoms with Gasteiger partial charge in [0.25, 0.3) is 0 Å². The fraction of sp³-hybridized carbons (Fsp3) is 0.238. The first-order valence-corrected chi connectivity index (χ1v) is 25.5. The highest BCUT2D eigenvalue weighted by molar-refractivity contribution is 7.25. The van der Waals surface area contributed by atoms with Crippen molar-refractivity contribution in [2.45, 2.75) is 96.8 Å². The Morgan fingerprint density at radius 1 is 0.529 bits per heavy atom. The second-order valence-corrected chi connectivity index (χ2v) is 24.6. The molecule has 0 saturated heterocycles. The van der Waals surface area contributed by atoms with E-state index in [1.54, 1.807) is 0 Å². The zero-order chi connectivity index (χ0) is 46.1. The molecule has 5 heteroatoms. The molecule has 15 rings (SSSR count). The zero-order valence-corrected chi connectivity index (χ0v) is 41.2. The van der Waals surface area contributed by atoms with Gasteiger partial charge in [-0.05, 0) is 139 Å². The molecule has 5 heterocycles. The highest BCUT2D eigenvalue weighted by Gasteiger charge is 2.47. The maximum atomic E-state index is 6.67. The van der Waals surface area contributed by atoms with Crippen LogP contribution in [0.1, 0.15) is 103 Å². The molecule has 0 N–H and O–H groups in total. The van der Waals surface area contributed by atoms with Crippen LogP contribution in [0.25, 0.3) is 91.9 Å². The smallest absolute Gasteiger partial charge is 0.333 e. The highest BCUT2D eigenvalue weighted by Crippen LogP contribution is 2.54. The second-order valence-electron chi connectivity index (χ2n) is 23.5. The van der Waals surface area contributed by atoms with Crippen LogP contribution in [0.3, 0.4) is 0 Å². The lowest BCUT2D eigenvalue weighted by Gasteiger charge is -2.42. The fourth-order valence-electron chi connectivity index (χ4n) is 13.5. The largest absolute Gasteiger partial charge is 0.456 e. The molecule has 0 amide bonds. The predicted octanol–water partition coefficient (Wildman–Crippen LogP) is 16.2. The van der Waals surface area contributed by atoms with Crippen LogP contribution < -0.4 is 15.7 Å². The van der Waals surface area contributed by atoms with Gasteiger partial charge in [0, 0.05) is 75.8 Å². The Bertz CT molecular complexity index is 4110. The van der Waals surface area contributed by atoms with Crippen LogP contribution in [0.4, 0.5) is 11.4 Å². The Morgan fingerprint density at radius 2 is 1.25 bits per heavy atom. The van der Waals surface area contributed by atoms with Gasteiger partial charge < -0.3 is 13.8 Å². The number of hydrogen-bond acceptors (Lipinski definition) is 3. The molecule has 8 aromatic carbocycles. The number of rotatable bonds is 1. The van der Waals surface area contributed by atoms with Gasteiger partial charge in [-0.15, -0.1) is 11.3 Å². The Balaban J connectivity index is 1.09. The maximum absolute atomic E-state index is 6.67. The number of nitrogens with zero attached hydrogens (tertiary/aromatic N) is 2. The van der Waals surface area contributed by atoms with Crippen LogP contribution in [0.15, 0.2) is 138 Å². The van der Waals surface area contributed by atoms with Crippen molar-refractivity contribution in [2.75, 3.05) is 4.81 Å². The number of aromatic nitrogens is 1. The van der Waals surface area contributed by atoms with Crippen molar-refractivity contribution in [3.05, 3.63) is 161 Å². The van der Waals surface area contributed by atoms with E-state index in [2.05, 4.69) is 205 Å². The summed E-state index contributed by atoms with van der Waals surface area (Å²) in [6.45, 7) is 21.5. The maximum Gasteiger partial charge on any atom is 0.333 e. The average Bonchev–Trinajstić information content (AvgIpc) is 4.03. The molecule has 0 bridgehead atoms. The SMILES string of the molecule is CC(C)(C)c1ccc(N2B3c4cc5c(cc4-n4c6cc7oc8ccccc8c7cc6c6ccc(c3c64)-c3cc4sc6cc7c(cc6c4cc32)C(C)(C)CCC7(C)C)C(C)(C)c2ccccc2-5)cc1. The van der Waals surface area contributed by atoms with E-state index in [-0.39, 0.29) is 28.5 Å². The highest BCUT2D eigenvalue weighted by atomic mass is 32.1. The van der Waals surface area contributed by atoms with Crippen LogP contribution in [-0.2, 0) is 21.7 Å². The number of anilines is 2. The number of benzene rings is 8. The number of hydrogen-bond donors (Lipinski definition) is 0. The van der Waals surface area contributed by atoms with Crippen molar-refractivity contribution in [1.29, 1.82) is 0 Å². The average molecular weight is 897 g/mol. The standard InChI is InChI=1S/C63H53BN2OS/c1-60(2,3)34-18-20-35(21-19-34)66-52-29-45-44-27-48-49(62(6,7)25-24-61(48,4)5)32-57(44)68-56(45)30-42(52)38-22-23-39-41-26-43-37-15-11-13-17-54(37)67-55(43)33-51(41)65-53-31-47-40(28-50(53)64(66)58(38)59(39)65)36-14-10-12-16-46(36)63(47,8)9/h10-23,26-33H,24-25H2,1-9H3. The van der Waals surface area contributed by atoms with E-state index in [0.29, 0.717) is 0 Å². The summed E-state index contributed by atoms with van der Waals surface area (Å²) in [5.74, 6) is 0. The van der Waals surface area contributed by atoms with Crippen LogP contribution in [0, 0.1) is 0 Å². The minimum Gasteiger partial charge on any atom is -0.456 e. The van der Waals surface area contributed by atoms with Gasteiger partial charge in [-0.3, -0.25) is 0 Å². The second kappa shape index (κ2) is 12.6. The van der Waals surface area contributed by atoms with E-state index in [0.717, 1.165) is 21.9 Å². The van der Waals surface area contributed by atoms with Crippen LogP contribution in [-0.4, -0.2) is 11.4 Å². The molecule has 2 aliphatic heterocycles. The topological polar surface area (TPSA) is 21.3 Å². The first-order valence-electron chi connectivity index (χ1n) is 24.7. The molecule has 0 saturated carbocycles. The van der Waals surface area contributed by atoms with Gasteiger partial charge in [-0.25, -0.2) is 0 Å². The minimum absolute atomic E-state index is 0.0317. The Hall–Kier alpha value is -6.56. The molecule has 11 aromatic rings. The molecule has 3 aromatic heterocycles. The van der Waals surface area contributed by atoms with Gasteiger partial charge in [-0.2, -0.15) is 0 Å². The van der Waals surface area contributed by atoms with Crippen molar-refractivity contribution < 1.29 is 4.42 Å². The minimum atomic E-state index is -0.159. The molecular formula is C63H53BN2OS. The Labute approximate surface area is 402 Å². The van der Waals surface area contributed by atoms with Gasteiger partial charge in [0.2, 0.25) is 0 Å². The van der Waals surface area contributed by atoms with E-state index in [9.17, 15) is 0 Å². The fourth-order valence-corrected chi connectivity index (χ4v) is 14.7. The lowest BCUT2D eigenvalue weighted by Crippen LogP contribution is -2.60. The van der Waals surface area contributed by atoms with Crippen LogP contribution >= 0.6 is 11.3 Å². The zero-order valence-electron chi connectivity index (χ0n) is 40.4. The van der Waals surface area contributed by atoms with Crippen molar-refractivity contribution in [3.8, 4) is 27.9 Å². The van der Waals surface area contributed by atoms with Crippen molar-refractivity contribution in [1.82, 2.24) is 4.57 Å². The summed E-state index contributed by atoms with van der Waals surface area (Å²) in [6, 6.07) is 52.3. The summed E-state index contributed by atoms with van der Waals surface area (Å²) < 4.78 is 12.0. The molecule has 0 spiro atoms. The van der Waals surface area contributed by atoms with E-state index in [1.165, 1.54) is 133 Å². The van der Waals surface area contributed by atoms with Gasteiger partial charge in [0.1, 0.15) is 11.2 Å². The van der Waals surface area contributed by atoms with Crippen LogP contribution in [0.2, 0.25) is 0 Å². The van der Waals surface area contributed by atoms with E-state index in [1.807, 2.05) is 11.3 Å². The molecular weight excluding hydrogens is 844 g/mol. The van der Waals surface area contributed by atoms with E-state index < -0.39 is 0 Å². The third-order valence-corrected chi connectivity index (χ3v) is 18.5. The normalized spacial score (nSPS) is 17.1. The first-order chi connectivity index (χ1) is 32.6. The van der Waals surface area contributed by atoms with Gasteiger partial charge in [-0.1, -0.05) is 135 Å². The molecule has 0 unspecified atom stereocenters. The lowest BCUT2D eigenvalue weighted by molar-refractivity contribution is 0.332. The van der Waals surface area contributed by atoms with E-state index >= 15 is 0 Å². The lowest BCUT2D eigenvalue weighted by atomic mass is 9.43. The molecule has 0 radical (unpaired) electrons. The van der Waals surface area contributed by atoms with Gasteiger partial charge in [0.05, 0.1) is 11.0 Å². The summed E-state index contributed by atoms with van der Waals surface area (Å²) in [5.41, 5.74) is 23.4. The van der Waals surface area contributed by atoms with Crippen molar-refractivity contribution in [3.63, 3.8) is 0 Å². The third-order valence-electron chi connectivity index (χ3n) is 17.4.